The molecule has 2 rings (SSSR count). The molecule has 0 aromatic heterocycles. The zero-order valence-electron chi connectivity index (χ0n) is 14.6. The first kappa shape index (κ1) is 18.4. The van der Waals surface area contributed by atoms with E-state index >= 15 is 0 Å². The van der Waals surface area contributed by atoms with Crippen molar-refractivity contribution in [1.29, 1.82) is 10.5 Å². The van der Waals surface area contributed by atoms with Crippen molar-refractivity contribution in [3.8, 4) is 24.0 Å². The van der Waals surface area contributed by atoms with Crippen LogP contribution in [-0.4, -0.2) is 0 Å². The van der Waals surface area contributed by atoms with E-state index in [4.69, 9.17) is 20.0 Å². The quantitative estimate of drug-likeness (QED) is 0.609. The molecule has 2 aromatic carbocycles. The van der Waals surface area contributed by atoms with Crippen LogP contribution in [0.4, 0.5) is 0 Å². The predicted molar refractivity (Wildman–Crippen MR) is 95.9 cm³/mol. The summed E-state index contributed by atoms with van der Waals surface area (Å²) in [4.78, 5) is 0. The second kappa shape index (κ2) is 9.35. The summed E-state index contributed by atoms with van der Waals surface area (Å²) in [6, 6.07) is 15.4. The molecule has 4 heteroatoms. The normalized spacial score (nSPS) is 10.3. The maximum atomic E-state index is 8.62. The number of benzene rings is 2. The molecule has 0 aliphatic heterocycles. The van der Waals surface area contributed by atoms with Gasteiger partial charge < -0.3 is 9.47 Å². The summed E-state index contributed by atoms with van der Waals surface area (Å²) in [7, 11) is 0. The van der Waals surface area contributed by atoms with E-state index in [-0.39, 0.29) is 5.92 Å². The van der Waals surface area contributed by atoms with Gasteiger partial charge in [-0.25, -0.2) is 0 Å². The van der Waals surface area contributed by atoms with Gasteiger partial charge in [0.2, 0.25) is 0 Å². The molecule has 25 heavy (non-hydrogen) atoms. The fourth-order valence-electron chi connectivity index (χ4n) is 3.06. The molecule has 0 atom stereocenters. The average molecular weight is 334 g/mol. The zero-order valence-corrected chi connectivity index (χ0v) is 14.6. The molecular weight excluding hydrogens is 312 g/mol. The van der Waals surface area contributed by atoms with Gasteiger partial charge in [-0.05, 0) is 47.7 Å². The van der Waals surface area contributed by atoms with Crippen molar-refractivity contribution >= 4 is 0 Å². The third kappa shape index (κ3) is 4.99. The van der Waals surface area contributed by atoms with E-state index in [0.717, 1.165) is 19.3 Å². The van der Waals surface area contributed by atoms with Gasteiger partial charge in [-0.1, -0.05) is 51.0 Å². The molecule has 0 spiro atoms. The molecule has 0 saturated heterocycles. The molecule has 0 bridgehead atoms. The largest absolute Gasteiger partial charge is 0.388 e. The van der Waals surface area contributed by atoms with Gasteiger partial charge in [0.1, 0.15) is 11.5 Å². The van der Waals surface area contributed by atoms with Crippen molar-refractivity contribution in [3.63, 3.8) is 0 Å². The number of nitriles is 2. The molecule has 0 heterocycles. The zero-order chi connectivity index (χ0) is 18.1. The fraction of sp³-hybridized carbons (Fsp3) is 0.333. The fourth-order valence-corrected chi connectivity index (χ4v) is 3.06. The smallest absolute Gasteiger partial charge is 0.292 e. The first-order chi connectivity index (χ1) is 12.2. The van der Waals surface area contributed by atoms with Crippen LogP contribution in [-0.2, 0) is 0 Å². The second-order valence-electron chi connectivity index (χ2n) is 6.00. The molecule has 128 valence electrons. The molecule has 0 radical (unpaired) electrons. The van der Waals surface area contributed by atoms with Crippen LogP contribution >= 0.6 is 0 Å². The molecule has 0 aliphatic carbocycles. The lowest BCUT2D eigenvalue weighted by atomic mass is 9.82. The molecule has 0 fully saturated rings. The Morgan fingerprint density at radius 1 is 0.760 bits per heavy atom. The molecular formula is C21H22N2O2. The van der Waals surface area contributed by atoms with E-state index in [9.17, 15) is 0 Å². The van der Waals surface area contributed by atoms with Crippen LogP contribution in [0.1, 0.15) is 50.2 Å². The Labute approximate surface area is 149 Å². The van der Waals surface area contributed by atoms with Gasteiger partial charge >= 0.3 is 0 Å². The monoisotopic (exact) mass is 334 g/mol. The van der Waals surface area contributed by atoms with Gasteiger partial charge in [0.05, 0.1) is 0 Å². The molecule has 0 unspecified atom stereocenters. The Morgan fingerprint density at radius 3 is 1.48 bits per heavy atom. The number of nitrogens with zero attached hydrogens (tertiary/aromatic N) is 2. The number of ether oxygens (including phenoxy) is 2. The van der Waals surface area contributed by atoms with Crippen molar-refractivity contribution in [2.75, 3.05) is 0 Å². The molecule has 0 aliphatic rings. The Bertz CT molecular complexity index is 676. The molecule has 0 amide bonds. The van der Waals surface area contributed by atoms with Gasteiger partial charge in [-0.15, -0.1) is 10.5 Å². The molecule has 2 aromatic rings. The molecule has 4 nitrogen and oxygen atoms in total. The minimum Gasteiger partial charge on any atom is -0.388 e. The van der Waals surface area contributed by atoms with E-state index < -0.39 is 0 Å². The summed E-state index contributed by atoms with van der Waals surface area (Å²) in [5.41, 5.74) is 2.37. The van der Waals surface area contributed by atoms with Crippen LogP contribution in [0, 0.1) is 29.0 Å². The van der Waals surface area contributed by atoms with Crippen molar-refractivity contribution in [1.82, 2.24) is 0 Å². The van der Waals surface area contributed by atoms with Gasteiger partial charge in [0.15, 0.2) is 0 Å². The summed E-state index contributed by atoms with van der Waals surface area (Å²) < 4.78 is 9.74. The van der Waals surface area contributed by atoms with Gasteiger partial charge in [-0.3, -0.25) is 0 Å². The summed E-state index contributed by atoms with van der Waals surface area (Å²) in [5, 5.41) is 17.2. The Balaban J connectivity index is 2.32. The maximum absolute atomic E-state index is 8.62. The van der Waals surface area contributed by atoms with E-state index in [1.165, 1.54) is 11.1 Å². The third-order valence-electron chi connectivity index (χ3n) is 4.62. The van der Waals surface area contributed by atoms with Crippen molar-refractivity contribution in [2.45, 2.75) is 39.0 Å². The highest BCUT2D eigenvalue weighted by molar-refractivity contribution is 5.38. The first-order valence-electron chi connectivity index (χ1n) is 8.53. The minimum atomic E-state index is 0.247. The highest BCUT2D eigenvalue weighted by Gasteiger charge is 2.18. The van der Waals surface area contributed by atoms with Gasteiger partial charge in [0, 0.05) is 5.92 Å². The number of rotatable bonds is 8. The average Bonchev–Trinajstić information content (AvgIpc) is 2.65. The van der Waals surface area contributed by atoms with E-state index in [1.54, 1.807) is 12.5 Å². The van der Waals surface area contributed by atoms with Crippen LogP contribution in [0.15, 0.2) is 48.5 Å². The van der Waals surface area contributed by atoms with Crippen LogP contribution in [0.5, 0.6) is 11.5 Å². The summed E-state index contributed by atoms with van der Waals surface area (Å²) in [5.74, 6) is 1.97. The first-order valence-corrected chi connectivity index (χ1v) is 8.53. The summed E-state index contributed by atoms with van der Waals surface area (Å²) in [6.07, 6.45) is 6.71. The highest BCUT2D eigenvalue weighted by Crippen LogP contribution is 2.34. The van der Waals surface area contributed by atoms with Crippen molar-refractivity contribution in [3.05, 3.63) is 59.7 Å². The lowest BCUT2D eigenvalue weighted by molar-refractivity contribution is 0.431. The number of hydrogen-bond acceptors (Lipinski definition) is 4. The van der Waals surface area contributed by atoms with Crippen LogP contribution in [0.3, 0.4) is 0 Å². The van der Waals surface area contributed by atoms with Crippen LogP contribution in [0.25, 0.3) is 0 Å². The van der Waals surface area contributed by atoms with Crippen LogP contribution < -0.4 is 9.47 Å². The lowest BCUT2D eigenvalue weighted by Crippen LogP contribution is -2.08. The number of hydrogen-bond donors (Lipinski definition) is 0. The van der Waals surface area contributed by atoms with E-state index in [0.29, 0.717) is 17.4 Å². The van der Waals surface area contributed by atoms with Crippen molar-refractivity contribution in [2.24, 2.45) is 5.92 Å². The standard InChI is InChI=1S/C21H22N2O2/c1-3-16(4-2)13-21(17-5-9-19(10-6-17)24-14-22)18-7-11-20(12-8-18)25-15-23/h5-12,16,21H,3-4,13H2,1-2H3. The maximum Gasteiger partial charge on any atom is 0.292 e. The predicted octanol–water partition coefficient (Wildman–Crippen LogP) is 5.36. The topological polar surface area (TPSA) is 66.0 Å². The van der Waals surface area contributed by atoms with Gasteiger partial charge in [0.25, 0.3) is 12.5 Å². The van der Waals surface area contributed by atoms with E-state index in [1.807, 2.05) is 48.5 Å². The third-order valence-corrected chi connectivity index (χ3v) is 4.62. The molecule has 0 N–H and O–H groups in total. The summed E-state index contributed by atoms with van der Waals surface area (Å²) in [6.45, 7) is 4.44. The SMILES string of the molecule is CCC(CC)CC(c1ccc(OC#N)cc1)c1ccc(OC#N)cc1. The second-order valence-corrected chi connectivity index (χ2v) is 6.00. The van der Waals surface area contributed by atoms with Crippen molar-refractivity contribution < 1.29 is 9.47 Å². The highest BCUT2D eigenvalue weighted by atomic mass is 16.5. The molecule has 0 saturated carbocycles. The Hall–Kier alpha value is -2.98. The van der Waals surface area contributed by atoms with Gasteiger partial charge in [-0.2, -0.15) is 0 Å². The minimum absolute atomic E-state index is 0.247. The Morgan fingerprint density at radius 2 is 1.16 bits per heavy atom. The van der Waals surface area contributed by atoms with E-state index in [2.05, 4.69) is 13.8 Å². The lowest BCUT2D eigenvalue weighted by Gasteiger charge is -2.23. The Kier molecular flexibility index (Phi) is 6.87. The van der Waals surface area contributed by atoms with Crippen LogP contribution in [0.2, 0.25) is 0 Å². The summed E-state index contributed by atoms with van der Waals surface area (Å²) >= 11 is 0.